The van der Waals surface area contributed by atoms with Crippen LogP contribution < -0.4 is 17.2 Å². The van der Waals surface area contributed by atoms with Gasteiger partial charge in [-0.25, -0.2) is 0 Å². The highest BCUT2D eigenvalue weighted by atomic mass is 16.5. The summed E-state index contributed by atoms with van der Waals surface area (Å²) < 4.78 is 10.4. The van der Waals surface area contributed by atoms with Crippen molar-refractivity contribution in [2.45, 2.75) is 13.3 Å². The number of rotatable bonds is 7. The number of aryl methyl sites for hydroxylation is 1. The maximum Gasteiger partial charge on any atom is 0.184 e. The summed E-state index contributed by atoms with van der Waals surface area (Å²) in [5.74, 6) is 0.761. The van der Waals surface area contributed by atoms with E-state index in [2.05, 4.69) is 4.99 Å². The summed E-state index contributed by atoms with van der Waals surface area (Å²) in [6.07, 6.45) is 6.11. The molecule has 1 fully saturated rings. The fraction of sp³-hybridized carbons (Fsp3) is 0.304. The topological polar surface area (TPSA) is 122 Å². The summed E-state index contributed by atoms with van der Waals surface area (Å²) in [6.45, 7) is 4.26. The summed E-state index contributed by atoms with van der Waals surface area (Å²) in [5, 5.41) is 0. The Kier molecular flexibility index (Phi) is 7.08. The second kappa shape index (κ2) is 9.93. The van der Waals surface area contributed by atoms with Gasteiger partial charge in [0.15, 0.2) is 5.88 Å². The van der Waals surface area contributed by atoms with Crippen LogP contribution in [0.25, 0.3) is 22.9 Å². The Morgan fingerprint density at radius 1 is 1.33 bits per heavy atom. The lowest BCUT2D eigenvalue weighted by Gasteiger charge is -2.12. The molecule has 0 spiro atoms. The molecular weight excluding hydrogens is 378 g/mol. The van der Waals surface area contributed by atoms with Crippen molar-refractivity contribution in [3.05, 3.63) is 59.2 Å². The smallest absolute Gasteiger partial charge is 0.184 e. The van der Waals surface area contributed by atoms with Gasteiger partial charge in [-0.3, -0.25) is 9.98 Å². The number of hydrogen-bond acceptors (Lipinski definition) is 7. The molecular formula is C23H29N5O2. The van der Waals surface area contributed by atoms with Crippen molar-refractivity contribution < 1.29 is 9.47 Å². The summed E-state index contributed by atoms with van der Waals surface area (Å²) in [4.78, 5) is 9.34. The van der Waals surface area contributed by atoms with Gasteiger partial charge in [0.1, 0.15) is 0 Å². The molecule has 30 heavy (non-hydrogen) atoms. The van der Waals surface area contributed by atoms with Crippen LogP contribution in [-0.4, -0.2) is 38.1 Å². The number of aliphatic imine (C=N–C) groups is 1. The van der Waals surface area contributed by atoms with Gasteiger partial charge in [-0.1, -0.05) is 18.2 Å². The van der Waals surface area contributed by atoms with Crippen molar-refractivity contribution in [1.82, 2.24) is 4.98 Å². The average molecular weight is 408 g/mol. The highest BCUT2D eigenvalue weighted by Crippen LogP contribution is 2.30. The van der Waals surface area contributed by atoms with Crippen LogP contribution in [0.1, 0.15) is 23.2 Å². The Hall–Kier alpha value is -3.32. The first kappa shape index (κ1) is 21.4. The molecule has 0 aliphatic carbocycles. The lowest BCUT2D eigenvalue weighted by molar-refractivity contribution is 0.187. The van der Waals surface area contributed by atoms with Crippen LogP contribution in [0.4, 0.5) is 5.69 Å². The van der Waals surface area contributed by atoms with Gasteiger partial charge >= 0.3 is 0 Å². The Labute approximate surface area is 177 Å². The zero-order chi connectivity index (χ0) is 21.5. The van der Waals surface area contributed by atoms with Gasteiger partial charge in [-0.2, -0.15) is 0 Å². The van der Waals surface area contributed by atoms with Gasteiger partial charge < -0.3 is 26.7 Å². The van der Waals surface area contributed by atoms with E-state index in [1.165, 1.54) is 7.11 Å². The van der Waals surface area contributed by atoms with E-state index in [1.807, 2.05) is 43.5 Å². The van der Waals surface area contributed by atoms with Crippen LogP contribution in [0.15, 0.2) is 47.4 Å². The number of ether oxygens (including phenoxy) is 2. The molecule has 0 amide bonds. The normalized spacial score (nSPS) is 17.6. The standard InChI is InChI=1S/C23H29N5O2/c1-15-3-6-20(19(11-24)13-27-12-16-7-8-30-14-16)23(28-15)18-5-4-17(21(25)9-18)10-22(26)29-2/h3-6,9-11,13,16H,7-8,12,14,24-26H2,1-2H3/b19-11+,22-10+,27-13?. The minimum atomic E-state index is 0.293. The summed E-state index contributed by atoms with van der Waals surface area (Å²) in [6, 6.07) is 9.69. The number of nitrogens with zero attached hydrogens (tertiary/aromatic N) is 2. The fourth-order valence-corrected chi connectivity index (χ4v) is 3.31. The molecule has 1 aromatic heterocycles. The zero-order valence-corrected chi connectivity index (χ0v) is 17.5. The Morgan fingerprint density at radius 2 is 2.17 bits per heavy atom. The van der Waals surface area contributed by atoms with Crippen molar-refractivity contribution in [2.24, 2.45) is 22.4 Å². The maximum absolute atomic E-state index is 6.25. The molecule has 7 nitrogen and oxygen atoms in total. The molecule has 1 aliphatic rings. The summed E-state index contributed by atoms with van der Waals surface area (Å²) in [5.41, 5.74) is 23.6. The fourth-order valence-electron chi connectivity index (χ4n) is 3.31. The number of nitrogen functional groups attached to an aromatic ring is 1. The summed E-state index contributed by atoms with van der Waals surface area (Å²) >= 11 is 0. The largest absolute Gasteiger partial charge is 0.483 e. The van der Waals surface area contributed by atoms with E-state index >= 15 is 0 Å². The lowest BCUT2D eigenvalue weighted by Crippen LogP contribution is -2.04. The monoisotopic (exact) mass is 407 g/mol. The second-order valence-electron chi connectivity index (χ2n) is 7.29. The third-order valence-corrected chi connectivity index (χ3v) is 5.04. The number of nitrogens with two attached hydrogens (primary N) is 3. The van der Waals surface area contributed by atoms with E-state index in [4.69, 9.17) is 31.7 Å². The van der Waals surface area contributed by atoms with Crippen LogP contribution in [0, 0.1) is 12.8 Å². The molecule has 2 heterocycles. The number of pyridine rings is 1. The van der Waals surface area contributed by atoms with E-state index in [0.29, 0.717) is 17.5 Å². The number of methoxy groups -OCH3 is 1. The number of allylic oxidation sites excluding steroid dienone is 1. The van der Waals surface area contributed by atoms with E-state index < -0.39 is 0 Å². The highest BCUT2D eigenvalue weighted by Gasteiger charge is 2.15. The molecule has 1 aliphatic heterocycles. The van der Waals surface area contributed by atoms with Gasteiger partial charge in [0.05, 0.1) is 19.4 Å². The predicted octanol–water partition coefficient (Wildman–Crippen LogP) is 2.95. The number of aromatic nitrogens is 1. The molecule has 0 saturated carbocycles. The Morgan fingerprint density at radius 3 is 2.83 bits per heavy atom. The van der Waals surface area contributed by atoms with Crippen molar-refractivity contribution in [3.63, 3.8) is 0 Å². The molecule has 1 atom stereocenters. The van der Waals surface area contributed by atoms with Crippen LogP contribution in [0.2, 0.25) is 0 Å². The van der Waals surface area contributed by atoms with E-state index in [0.717, 1.165) is 59.8 Å². The minimum absolute atomic E-state index is 0.293. The zero-order valence-electron chi connectivity index (χ0n) is 17.5. The van der Waals surface area contributed by atoms with Gasteiger partial charge in [-0.15, -0.1) is 0 Å². The molecule has 0 radical (unpaired) electrons. The second-order valence-corrected chi connectivity index (χ2v) is 7.29. The van der Waals surface area contributed by atoms with Crippen LogP contribution in [0.3, 0.4) is 0 Å². The third-order valence-electron chi connectivity index (χ3n) is 5.04. The van der Waals surface area contributed by atoms with Crippen molar-refractivity contribution >= 4 is 23.6 Å². The third kappa shape index (κ3) is 5.18. The quantitative estimate of drug-likeness (QED) is 0.368. The first-order valence-electron chi connectivity index (χ1n) is 9.90. The minimum Gasteiger partial charge on any atom is -0.483 e. The Balaban J connectivity index is 1.93. The molecule has 3 rings (SSSR count). The van der Waals surface area contributed by atoms with Crippen LogP contribution >= 0.6 is 0 Å². The van der Waals surface area contributed by atoms with Crippen molar-refractivity contribution in [2.75, 3.05) is 32.6 Å². The molecule has 2 aromatic rings. The van der Waals surface area contributed by atoms with Crippen molar-refractivity contribution in [3.8, 4) is 11.3 Å². The SMILES string of the molecule is CO/C(N)=C/c1ccc(-c2nc(C)ccc2/C(C=NCC2CCOC2)=C/N)cc1N. The van der Waals surface area contributed by atoms with Crippen LogP contribution in [-0.2, 0) is 9.47 Å². The molecule has 1 saturated heterocycles. The van der Waals surface area contributed by atoms with Gasteiger partial charge in [-0.05, 0) is 25.5 Å². The molecule has 0 bridgehead atoms. The predicted molar refractivity (Wildman–Crippen MR) is 122 cm³/mol. The molecule has 1 aromatic carbocycles. The first-order chi connectivity index (χ1) is 14.5. The number of benzene rings is 1. The average Bonchev–Trinajstić information content (AvgIpc) is 3.26. The molecule has 6 N–H and O–H groups in total. The van der Waals surface area contributed by atoms with E-state index in [1.54, 1.807) is 12.3 Å². The summed E-state index contributed by atoms with van der Waals surface area (Å²) in [7, 11) is 1.52. The van der Waals surface area contributed by atoms with Gasteiger partial charge in [0.2, 0.25) is 0 Å². The molecule has 158 valence electrons. The highest BCUT2D eigenvalue weighted by molar-refractivity contribution is 6.11. The van der Waals surface area contributed by atoms with Crippen molar-refractivity contribution in [1.29, 1.82) is 0 Å². The first-order valence-corrected chi connectivity index (χ1v) is 9.90. The van der Waals surface area contributed by atoms with Gasteiger partial charge in [0.25, 0.3) is 0 Å². The number of anilines is 1. The molecule has 7 heteroatoms. The van der Waals surface area contributed by atoms with Gasteiger partial charge in [0, 0.05) is 71.2 Å². The Bertz CT molecular complexity index is 976. The van der Waals surface area contributed by atoms with E-state index in [9.17, 15) is 0 Å². The van der Waals surface area contributed by atoms with E-state index in [-0.39, 0.29) is 0 Å². The maximum atomic E-state index is 6.25. The number of hydrogen-bond donors (Lipinski definition) is 3. The van der Waals surface area contributed by atoms with Crippen LogP contribution in [0.5, 0.6) is 0 Å². The lowest BCUT2D eigenvalue weighted by atomic mass is 9.98. The molecule has 1 unspecified atom stereocenters.